The third-order valence-electron chi connectivity index (χ3n) is 2.44. The summed E-state index contributed by atoms with van der Waals surface area (Å²) in [5.74, 6) is -0.474. The van der Waals surface area contributed by atoms with Crippen molar-refractivity contribution >= 4 is 23.4 Å². The molecule has 1 aliphatic heterocycles. The van der Waals surface area contributed by atoms with Crippen LogP contribution in [-0.2, 0) is 16.0 Å². The lowest BCUT2D eigenvalue weighted by Gasteiger charge is -2.13. The second-order valence-electron chi connectivity index (χ2n) is 3.54. The molecular weight excluding hydrogens is 226 g/mol. The van der Waals surface area contributed by atoms with E-state index in [0.717, 1.165) is 5.56 Å². The Bertz CT molecular complexity index is 433. The van der Waals surface area contributed by atoms with E-state index in [1.54, 1.807) is 12.1 Å². The molecule has 1 aliphatic rings. The zero-order valence-electron chi connectivity index (χ0n) is 8.52. The van der Waals surface area contributed by atoms with Crippen LogP contribution in [0.4, 0.5) is 0 Å². The SMILES string of the molecule is O=C1C=CC(=O)N1CCc1ccc(Cl)cc1. The first-order valence-electron chi connectivity index (χ1n) is 4.95. The molecule has 2 amide bonds. The summed E-state index contributed by atoms with van der Waals surface area (Å²) in [7, 11) is 0. The van der Waals surface area contributed by atoms with E-state index in [4.69, 9.17) is 11.6 Å². The average Bonchev–Trinajstić information content (AvgIpc) is 2.59. The van der Waals surface area contributed by atoms with Gasteiger partial charge in [-0.25, -0.2) is 0 Å². The summed E-state index contributed by atoms with van der Waals surface area (Å²) in [6.07, 6.45) is 3.24. The minimum Gasteiger partial charge on any atom is -0.275 e. The molecule has 2 rings (SSSR count). The van der Waals surface area contributed by atoms with Crippen LogP contribution in [0.1, 0.15) is 5.56 Å². The first kappa shape index (κ1) is 10.9. The maximum absolute atomic E-state index is 11.3. The van der Waals surface area contributed by atoms with Crippen molar-refractivity contribution in [2.75, 3.05) is 6.54 Å². The van der Waals surface area contributed by atoms with Gasteiger partial charge in [-0.1, -0.05) is 23.7 Å². The summed E-state index contributed by atoms with van der Waals surface area (Å²) in [5, 5.41) is 0.679. The Morgan fingerprint density at radius 2 is 1.56 bits per heavy atom. The number of carbonyl (C=O) groups is 2. The van der Waals surface area contributed by atoms with Gasteiger partial charge >= 0.3 is 0 Å². The fourth-order valence-corrected chi connectivity index (χ4v) is 1.67. The molecule has 0 unspecified atom stereocenters. The van der Waals surface area contributed by atoms with E-state index in [2.05, 4.69) is 0 Å². The van der Waals surface area contributed by atoms with Crippen molar-refractivity contribution in [3.05, 3.63) is 47.0 Å². The Morgan fingerprint density at radius 1 is 1.00 bits per heavy atom. The molecule has 4 heteroatoms. The third-order valence-corrected chi connectivity index (χ3v) is 2.69. The van der Waals surface area contributed by atoms with Crippen LogP contribution < -0.4 is 0 Å². The second-order valence-corrected chi connectivity index (χ2v) is 3.97. The number of imide groups is 1. The van der Waals surface area contributed by atoms with E-state index in [0.29, 0.717) is 18.0 Å². The Hall–Kier alpha value is -1.61. The van der Waals surface area contributed by atoms with Crippen LogP contribution in [0.5, 0.6) is 0 Å². The maximum Gasteiger partial charge on any atom is 0.253 e. The first-order valence-corrected chi connectivity index (χ1v) is 5.32. The lowest BCUT2D eigenvalue weighted by molar-refractivity contribution is -0.136. The highest BCUT2D eigenvalue weighted by Gasteiger charge is 2.22. The first-order chi connectivity index (χ1) is 7.66. The molecule has 0 saturated carbocycles. The van der Waals surface area contributed by atoms with Crippen LogP contribution >= 0.6 is 11.6 Å². The fourth-order valence-electron chi connectivity index (χ4n) is 1.54. The predicted octanol–water partition coefficient (Wildman–Crippen LogP) is 1.81. The standard InChI is InChI=1S/C12H10ClNO2/c13-10-3-1-9(2-4-10)7-8-14-11(15)5-6-12(14)16/h1-6H,7-8H2. The summed E-state index contributed by atoms with van der Waals surface area (Å²) in [4.78, 5) is 23.7. The number of nitrogens with zero attached hydrogens (tertiary/aromatic N) is 1. The fraction of sp³-hybridized carbons (Fsp3) is 0.167. The van der Waals surface area contributed by atoms with Gasteiger partial charge in [-0.05, 0) is 24.1 Å². The van der Waals surface area contributed by atoms with Gasteiger partial charge in [0.1, 0.15) is 0 Å². The smallest absolute Gasteiger partial charge is 0.253 e. The number of benzene rings is 1. The minimum absolute atomic E-state index is 0.237. The summed E-state index contributed by atoms with van der Waals surface area (Å²) < 4.78 is 0. The Labute approximate surface area is 98.3 Å². The zero-order chi connectivity index (χ0) is 11.5. The largest absolute Gasteiger partial charge is 0.275 e. The number of rotatable bonds is 3. The van der Waals surface area contributed by atoms with Gasteiger partial charge in [0, 0.05) is 23.7 Å². The lowest BCUT2D eigenvalue weighted by Crippen LogP contribution is -2.31. The number of hydrogen-bond acceptors (Lipinski definition) is 2. The van der Waals surface area contributed by atoms with Crippen LogP contribution in [0.15, 0.2) is 36.4 Å². The Balaban J connectivity index is 1.95. The van der Waals surface area contributed by atoms with Crippen LogP contribution in [0.3, 0.4) is 0 Å². The van der Waals surface area contributed by atoms with Gasteiger partial charge < -0.3 is 0 Å². The van der Waals surface area contributed by atoms with Crippen molar-refractivity contribution in [3.8, 4) is 0 Å². The van der Waals surface area contributed by atoms with Gasteiger partial charge in [-0.2, -0.15) is 0 Å². The summed E-state index contributed by atoms with van der Waals surface area (Å²) in [6.45, 7) is 0.409. The van der Waals surface area contributed by atoms with E-state index in [-0.39, 0.29) is 11.8 Å². The molecule has 16 heavy (non-hydrogen) atoms. The average molecular weight is 236 g/mol. The van der Waals surface area contributed by atoms with Gasteiger partial charge in [-0.15, -0.1) is 0 Å². The van der Waals surface area contributed by atoms with Gasteiger partial charge in [0.05, 0.1) is 0 Å². The van der Waals surface area contributed by atoms with E-state index in [1.807, 2.05) is 12.1 Å². The molecular formula is C12H10ClNO2. The summed E-state index contributed by atoms with van der Waals surface area (Å²) in [5.41, 5.74) is 1.05. The Kier molecular flexibility index (Phi) is 3.06. The molecule has 3 nitrogen and oxygen atoms in total. The summed E-state index contributed by atoms with van der Waals surface area (Å²) >= 11 is 5.76. The van der Waals surface area contributed by atoms with Crippen LogP contribution in [0.2, 0.25) is 5.02 Å². The van der Waals surface area contributed by atoms with Gasteiger partial charge in [0.25, 0.3) is 11.8 Å². The minimum atomic E-state index is -0.237. The number of hydrogen-bond donors (Lipinski definition) is 0. The molecule has 1 heterocycles. The van der Waals surface area contributed by atoms with E-state index >= 15 is 0 Å². The van der Waals surface area contributed by atoms with Crippen molar-refractivity contribution in [1.29, 1.82) is 0 Å². The monoisotopic (exact) mass is 235 g/mol. The molecule has 0 aromatic heterocycles. The quantitative estimate of drug-likeness (QED) is 0.750. The van der Waals surface area contributed by atoms with Crippen LogP contribution in [0, 0.1) is 0 Å². The number of carbonyl (C=O) groups excluding carboxylic acids is 2. The number of halogens is 1. The van der Waals surface area contributed by atoms with Gasteiger partial charge in [0.2, 0.25) is 0 Å². The molecule has 0 saturated heterocycles. The van der Waals surface area contributed by atoms with Gasteiger partial charge in [-0.3, -0.25) is 14.5 Å². The van der Waals surface area contributed by atoms with E-state index < -0.39 is 0 Å². The molecule has 1 aromatic rings. The molecule has 0 aliphatic carbocycles. The predicted molar refractivity (Wildman–Crippen MR) is 61.0 cm³/mol. The van der Waals surface area contributed by atoms with Crippen molar-refractivity contribution in [3.63, 3.8) is 0 Å². The highest BCUT2D eigenvalue weighted by Crippen LogP contribution is 2.11. The molecule has 82 valence electrons. The lowest BCUT2D eigenvalue weighted by atomic mass is 10.1. The maximum atomic E-state index is 11.3. The third kappa shape index (κ3) is 2.31. The normalized spacial score (nSPS) is 14.9. The molecule has 1 aromatic carbocycles. The molecule has 0 spiro atoms. The molecule has 0 atom stereocenters. The summed E-state index contributed by atoms with van der Waals surface area (Å²) in [6, 6.07) is 7.37. The molecule has 0 bridgehead atoms. The molecule has 0 radical (unpaired) electrons. The topological polar surface area (TPSA) is 37.4 Å². The van der Waals surface area contributed by atoms with Gasteiger partial charge in [0.15, 0.2) is 0 Å². The molecule has 0 fully saturated rings. The van der Waals surface area contributed by atoms with Crippen LogP contribution in [0.25, 0.3) is 0 Å². The zero-order valence-corrected chi connectivity index (χ0v) is 9.28. The second kappa shape index (κ2) is 4.49. The van der Waals surface area contributed by atoms with Crippen molar-refractivity contribution < 1.29 is 9.59 Å². The Morgan fingerprint density at radius 3 is 2.12 bits per heavy atom. The van der Waals surface area contributed by atoms with Crippen molar-refractivity contribution in [2.24, 2.45) is 0 Å². The number of amides is 2. The van der Waals surface area contributed by atoms with Crippen LogP contribution in [-0.4, -0.2) is 23.3 Å². The van der Waals surface area contributed by atoms with Crippen molar-refractivity contribution in [1.82, 2.24) is 4.90 Å². The highest BCUT2D eigenvalue weighted by molar-refractivity contribution is 6.30. The van der Waals surface area contributed by atoms with E-state index in [1.165, 1.54) is 17.1 Å². The highest BCUT2D eigenvalue weighted by atomic mass is 35.5. The van der Waals surface area contributed by atoms with Crippen molar-refractivity contribution in [2.45, 2.75) is 6.42 Å². The molecule has 0 N–H and O–H groups in total. The van der Waals surface area contributed by atoms with E-state index in [9.17, 15) is 9.59 Å².